The first-order valence-corrected chi connectivity index (χ1v) is 5.56. The van der Waals surface area contributed by atoms with Crippen LogP contribution in [0.5, 0.6) is 0 Å². The Morgan fingerprint density at radius 1 is 1.60 bits per heavy atom. The van der Waals surface area contributed by atoms with Crippen molar-refractivity contribution in [2.75, 3.05) is 11.4 Å². The molecule has 4 nitrogen and oxygen atoms in total. The van der Waals surface area contributed by atoms with Crippen LogP contribution in [-0.2, 0) is 4.79 Å². The Morgan fingerprint density at radius 3 is 2.87 bits per heavy atom. The van der Waals surface area contributed by atoms with E-state index in [1.807, 2.05) is 19.1 Å². The van der Waals surface area contributed by atoms with E-state index in [9.17, 15) is 4.79 Å². The molecule has 1 aromatic rings. The van der Waals surface area contributed by atoms with E-state index in [1.165, 1.54) is 0 Å². The molecule has 1 amide bonds. The van der Waals surface area contributed by atoms with Crippen molar-refractivity contribution in [1.82, 2.24) is 4.98 Å². The van der Waals surface area contributed by atoms with E-state index in [0.717, 1.165) is 11.4 Å². The average Bonchev–Trinajstić information content (AvgIpc) is 2.45. The van der Waals surface area contributed by atoms with Gasteiger partial charge >= 0.3 is 0 Å². The molecule has 1 atom stereocenters. The molecule has 1 unspecified atom stereocenters. The lowest BCUT2D eigenvalue weighted by molar-refractivity contribution is -0.117. The topological polar surface area (TPSA) is 59.2 Å². The predicted molar refractivity (Wildman–Crippen MR) is 61.6 cm³/mol. The van der Waals surface area contributed by atoms with Gasteiger partial charge in [-0.2, -0.15) is 0 Å². The fourth-order valence-electron chi connectivity index (χ4n) is 1.69. The second-order valence-electron chi connectivity index (χ2n) is 3.73. The fraction of sp³-hybridized carbons (Fsp3) is 0.400. The Balaban J connectivity index is 2.34. The summed E-state index contributed by atoms with van der Waals surface area (Å²) in [5, 5.41) is 0. The van der Waals surface area contributed by atoms with Crippen molar-refractivity contribution in [3.63, 3.8) is 0 Å². The van der Waals surface area contributed by atoms with Crippen molar-refractivity contribution in [2.45, 2.75) is 19.4 Å². The fourth-order valence-corrected chi connectivity index (χ4v) is 2.31. The van der Waals surface area contributed by atoms with Crippen LogP contribution < -0.4 is 10.6 Å². The van der Waals surface area contributed by atoms with Gasteiger partial charge in [0.05, 0.1) is 5.69 Å². The average molecular weight is 270 g/mol. The molecular formula is C10H12BrN3O. The summed E-state index contributed by atoms with van der Waals surface area (Å²) in [4.78, 5) is 17.6. The van der Waals surface area contributed by atoms with Crippen LogP contribution >= 0.6 is 15.9 Å². The Hall–Kier alpha value is -0.940. The summed E-state index contributed by atoms with van der Waals surface area (Å²) >= 11 is 3.36. The molecule has 5 heteroatoms. The second kappa shape index (κ2) is 3.90. The maximum atomic E-state index is 11.6. The van der Waals surface area contributed by atoms with Crippen molar-refractivity contribution in [3.8, 4) is 0 Å². The Kier molecular flexibility index (Phi) is 2.75. The zero-order valence-electron chi connectivity index (χ0n) is 8.40. The quantitative estimate of drug-likeness (QED) is 0.780. The zero-order chi connectivity index (χ0) is 11.0. The largest absolute Gasteiger partial charge is 0.326 e. The van der Waals surface area contributed by atoms with E-state index in [1.54, 1.807) is 4.90 Å². The minimum atomic E-state index is -0.0642. The van der Waals surface area contributed by atoms with E-state index in [-0.39, 0.29) is 11.9 Å². The first-order chi connectivity index (χ1) is 7.08. The van der Waals surface area contributed by atoms with Gasteiger partial charge in [0.15, 0.2) is 0 Å². The smallest absolute Gasteiger partial charge is 0.228 e. The molecule has 0 saturated carbocycles. The van der Waals surface area contributed by atoms with Gasteiger partial charge in [0.1, 0.15) is 4.60 Å². The number of hydrogen-bond acceptors (Lipinski definition) is 3. The lowest BCUT2D eigenvalue weighted by atomic mass is 10.3. The van der Waals surface area contributed by atoms with Gasteiger partial charge < -0.3 is 10.6 Å². The maximum absolute atomic E-state index is 11.6. The summed E-state index contributed by atoms with van der Waals surface area (Å²) in [6.07, 6.45) is 0.417. The van der Waals surface area contributed by atoms with E-state index in [0.29, 0.717) is 17.6 Å². The van der Waals surface area contributed by atoms with Crippen molar-refractivity contribution in [1.29, 1.82) is 0 Å². The highest BCUT2D eigenvalue weighted by Gasteiger charge is 2.29. The molecule has 80 valence electrons. The van der Waals surface area contributed by atoms with Gasteiger partial charge in [0.2, 0.25) is 5.91 Å². The van der Waals surface area contributed by atoms with Gasteiger partial charge in [-0.3, -0.25) is 4.79 Å². The standard InChI is InChI=1S/C10H12BrN3O/c1-6-2-3-8(10(11)13-6)14-5-7(12)4-9(14)15/h2-3,7H,4-5,12H2,1H3. The highest BCUT2D eigenvalue weighted by atomic mass is 79.9. The lowest BCUT2D eigenvalue weighted by Gasteiger charge is -2.17. The molecule has 2 N–H and O–H groups in total. The molecule has 1 aliphatic rings. The summed E-state index contributed by atoms with van der Waals surface area (Å²) in [6.45, 7) is 2.48. The number of amides is 1. The van der Waals surface area contributed by atoms with E-state index < -0.39 is 0 Å². The summed E-state index contributed by atoms with van der Waals surface area (Å²) < 4.78 is 0.699. The van der Waals surface area contributed by atoms with Gasteiger partial charge in [-0.25, -0.2) is 4.98 Å². The third-order valence-electron chi connectivity index (χ3n) is 2.41. The van der Waals surface area contributed by atoms with Gasteiger partial charge in [-0.05, 0) is 35.0 Å². The van der Waals surface area contributed by atoms with E-state index >= 15 is 0 Å². The molecule has 1 aromatic heterocycles. The Labute approximate surface area is 96.6 Å². The number of halogens is 1. The molecule has 1 saturated heterocycles. The second-order valence-corrected chi connectivity index (χ2v) is 4.48. The number of pyridine rings is 1. The molecular weight excluding hydrogens is 258 g/mol. The van der Waals surface area contributed by atoms with Crippen LogP contribution in [0.25, 0.3) is 0 Å². The number of rotatable bonds is 1. The van der Waals surface area contributed by atoms with Crippen molar-refractivity contribution >= 4 is 27.5 Å². The Bertz CT molecular complexity index is 408. The van der Waals surface area contributed by atoms with Crippen LogP contribution in [0.1, 0.15) is 12.1 Å². The summed E-state index contributed by atoms with van der Waals surface area (Å²) in [5.41, 5.74) is 7.46. The van der Waals surface area contributed by atoms with Crippen LogP contribution in [0.3, 0.4) is 0 Å². The third-order valence-corrected chi connectivity index (χ3v) is 3.00. The molecule has 1 fully saturated rings. The SMILES string of the molecule is Cc1ccc(N2CC(N)CC2=O)c(Br)n1. The van der Waals surface area contributed by atoms with Crippen LogP contribution in [0.2, 0.25) is 0 Å². The molecule has 15 heavy (non-hydrogen) atoms. The van der Waals surface area contributed by atoms with E-state index in [4.69, 9.17) is 5.73 Å². The van der Waals surface area contributed by atoms with Crippen LogP contribution in [-0.4, -0.2) is 23.5 Å². The Morgan fingerprint density at radius 2 is 2.33 bits per heavy atom. The van der Waals surface area contributed by atoms with Gasteiger partial charge in [0, 0.05) is 24.7 Å². The first-order valence-electron chi connectivity index (χ1n) is 4.77. The first kappa shape index (κ1) is 10.6. The lowest BCUT2D eigenvalue weighted by Crippen LogP contribution is -2.28. The molecule has 2 rings (SSSR count). The minimum absolute atomic E-state index is 0.0638. The molecule has 0 aliphatic carbocycles. The number of nitrogens with two attached hydrogens (primary N) is 1. The minimum Gasteiger partial charge on any atom is -0.326 e. The number of hydrogen-bond donors (Lipinski definition) is 1. The zero-order valence-corrected chi connectivity index (χ0v) is 9.99. The number of nitrogens with zero attached hydrogens (tertiary/aromatic N) is 2. The number of anilines is 1. The van der Waals surface area contributed by atoms with E-state index in [2.05, 4.69) is 20.9 Å². The van der Waals surface area contributed by atoms with Crippen LogP contribution in [0.15, 0.2) is 16.7 Å². The number of carbonyl (C=O) groups excluding carboxylic acids is 1. The predicted octanol–water partition coefficient (Wildman–Crippen LogP) is 1.22. The van der Waals surface area contributed by atoms with Crippen molar-refractivity contribution < 1.29 is 4.79 Å². The molecule has 0 radical (unpaired) electrons. The number of aryl methyl sites for hydroxylation is 1. The molecule has 2 heterocycles. The highest BCUT2D eigenvalue weighted by Crippen LogP contribution is 2.27. The van der Waals surface area contributed by atoms with Crippen LogP contribution in [0.4, 0.5) is 5.69 Å². The summed E-state index contributed by atoms with van der Waals surface area (Å²) in [6, 6.07) is 3.71. The van der Waals surface area contributed by atoms with Gasteiger partial charge in [0.25, 0.3) is 0 Å². The molecule has 0 aromatic carbocycles. The van der Waals surface area contributed by atoms with Crippen molar-refractivity contribution in [2.24, 2.45) is 5.73 Å². The monoisotopic (exact) mass is 269 g/mol. The van der Waals surface area contributed by atoms with Gasteiger partial charge in [-0.15, -0.1) is 0 Å². The number of carbonyl (C=O) groups is 1. The molecule has 1 aliphatic heterocycles. The maximum Gasteiger partial charge on any atom is 0.228 e. The van der Waals surface area contributed by atoms with Crippen molar-refractivity contribution in [3.05, 3.63) is 22.4 Å². The van der Waals surface area contributed by atoms with Crippen LogP contribution in [0, 0.1) is 6.92 Å². The summed E-state index contributed by atoms with van der Waals surface area (Å²) in [7, 11) is 0. The highest BCUT2D eigenvalue weighted by molar-refractivity contribution is 9.10. The third kappa shape index (κ3) is 2.03. The normalized spacial score (nSPS) is 21.1. The van der Waals surface area contributed by atoms with Gasteiger partial charge in [-0.1, -0.05) is 0 Å². The number of aromatic nitrogens is 1. The molecule has 0 spiro atoms. The summed E-state index contributed by atoms with van der Waals surface area (Å²) in [5.74, 6) is 0.0638. The molecule has 0 bridgehead atoms.